The van der Waals surface area contributed by atoms with Crippen molar-refractivity contribution in [1.29, 1.82) is 21.2 Å². The highest BCUT2D eigenvalue weighted by molar-refractivity contribution is 6.00. The summed E-state index contributed by atoms with van der Waals surface area (Å²) in [6.07, 6.45) is 4.57. The lowest BCUT2D eigenvalue weighted by atomic mass is 9.53. The fraction of sp³-hybridized carbons (Fsp3) is 0.368. The molecule has 24 heavy (non-hydrogen) atoms. The second kappa shape index (κ2) is 5.84. The molecule has 3 atom stereocenters. The van der Waals surface area contributed by atoms with Crippen LogP contribution in [0.1, 0.15) is 30.7 Å². The predicted molar refractivity (Wildman–Crippen MR) is 86.8 cm³/mol. The molecule has 0 unspecified atom stereocenters. The third kappa shape index (κ3) is 2.08. The average molecular weight is 316 g/mol. The third-order valence-electron chi connectivity index (χ3n) is 5.18. The Hall–Kier alpha value is -3.10. The van der Waals surface area contributed by atoms with E-state index in [1.165, 1.54) is 12.1 Å². The molecule has 5 heteroatoms. The van der Waals surface area contributed by atoms with Gasteiger partial charge in [-0.15, -0.1) is 0 Å². The molecule has 2 N–H and O–H groups in total. The van der Waals surface area contributed by atoms with Crippen molar-refractivity contribution < 1.29 is 5.11 Å². The minimum Gasteiger partial charge on any atom is -0.508 e. The molecule has 1 aromatic rings. The molecule has 1 aromatic carbocycles. The highest BCUT2D eigenvalue weighted by Gasteiger charge is 2.57. The maximum Gasteiger partial charge on any atom is 0.189 e. The molecule has 0 saturated heterocycles. The van der Waals surface area contributed by atoms with Crippen molar-refractivity contribution in [3.63, 3.8) is 0 Å². The second-order valence-corrected chi connectivity index (χ2v) is 6.32. The number of benzene rings is 1. The maximum absolute atomic E-state index is 9.81. The maximum atomic E-state index is 9.81. The number of nitrogens with zero attached hydrogens (tertiary/aromatic N) is 3. The molecule has 0 spiro atoms. The van der Waals surface area contributed by atoms with Crippen LogP contribution in [0.5, 0.6) is 5.75 Å². The van der Waals surface area contributed by atoms with Crippen LogP contribution in [0.4, 0.5) is 0 Å². The number of hydrogen-bond donors (Lipinski definition) is 2. The smallest absolute Gasteiger partial charge is 0.189 e. The highest BCUT2D eigenvalue weighted by atomic mass is 16.3. The summed E-state index contributed by atoms with van der Waals surface area (Å²) in [6.45, 7) is 0. The Labute approximate surface area is 140 Å². The van der Waals surface area contributed by atoms with Crippen molar-refractivity contribution in [2.24, 2.45) is 17.3 Å². The van der Waals surface area contributed by atoms with Gasteiger partial charge in [0.05, 0.1) is 23.9 Å². The van der Waals surface area contributed by atoms with Crippen molar-refractivity contribution in [2.45, 2.75) is 25.2 Å². The second-order valence-electron chi connectivity index (χ2n) is 6.32. The monoisotopic (exact) mass is 316 g/mol. The van der Waals surface area contributed by atoms with E-state index in [1.807, 2.05) is 6.08 Å². The molecule has 0 bridgehead atoms. The number of phenols is 1. The van der Waals surface area contributed by atoms with Gasteiger partial charge in [-0.25, -0.2) is 0 Å². The summed E-state index contributed by atoms with van der Waals surface area (Å²) in [4.78, 5) is 0. The zero-order valence-electron chi connectivity index (χ0n) is 13.0. The minimum atomic E-state index is -1.66. The average Bonchev–Trinajstić information content (AvgIpc) is 2.62. The van der Waals surface area contributed by atoms with E-state index in [2.05, 4.69) is 18.2 Å². The lowest BCUT2D eigenvalue weighted by Crippen LogP contribution is -2.48. The van der Waals surface area contributed by atoms with E-state index in [-0.39, 0.29) is 17.4 Å². The van der Waals surface area contributed by atoms with Gasteiger partial charge in [0.1, 0.15) is 11.7 Å². The SMILES string of the molecule is N#C[C@@H]1C(=N)C(C#N)(C#N)[C@H](c2ccc(O)cc2)[C@@H]2CCCC=C12. The van der Waals surface area contributed by atoms with Crippen molar-refractivity contribution in [3.8, 4) is 24.0 Å². The summed E-state index contributed by atoms with van der Waals surface area (Å²) in [7, 11) is 0. The summed E-state index contributed by atoms with van der Waals surface area (Å²) in [6, 6.07) is 12.7. The summed E-state index contributed by atoms with van der Waals surface area (Å²) in [5.74, 6) is -1.31. The van der Waals surface area contributed by atoms with Gasteiger partial charge in [0, 0.05) is 5.92 Å². The molecule has 0 heterocycles. The molecule has 5 nitrogen and oxygen atoms in total. The molecule has 1 saturated carbocycles. The van der Waals surface area contributed by atoms with E-state index < -0.39 is 17.3 Å². The fourth-order valence-electron chi connectivity index (χ4n) is 4.07. The summed E-state index contributed by atoms with van der Waals surface area (Å²) in [5, 5.41) is 47.1. The Balaban J connectivity index is 2.24. The van der Waals surface area contributed by atoms with Gasteiger partial charge in [0.25, 0.3) is 0 Å². The van der Waals surface area contributed by atoms with E-state index in [0.29, 0.717) is 0 Å². The molecule has 0 amide bonds. The fourth-order valence-corrected chi connectivity index (χ4v) is 4.07. The molecule has 2 aliphatic rings. The molecule has 0 aromatic heterocycles. The molecular weight excluding hydrogens is 300 g/mol. The van der Waals surface area contributed by atoms with Gasteiger partial charge in [-0.2, -0.15) is 15.8 Å². The predicted octanol–water partition coefficient (Wildman–Crippen LogP) is 3.41. The first-order valence-corrected chi connectivity index (χ1v) is 7.89. The zero-order valence-corrected chi connectivity index (χ0v) is 13.0. The standard InChI is InChI=1S/C19H16N4O/c20-9-16-14-3-1-2-4-15(14)17(12-5-7-13(24)8-6-12)19(10-21,11-22)18(16)23/h3,5-8,15-17,23-24H,1-2,4H2/t15-,16+,17-/m1/s1. The van der Waals surface area contributed by atoms with Crippen LogP contribution in [0, 0.1) is 56.7 Å². The quantitative estimate of drug-likeness (QED) is 0.772. The topological polar surface area (TPSA) is 115 Å². The van der Waals surface area contributed by atoms with E-state index in [0.717, 1.165) is 30.4 Å². The Bertz CT molecular complexity index is 818. The Morgan fingerprint density at radius 2 is 1.79 bits per heavy atom. The van der Waals surface area contributed by atoms with E-state index in [4.69, 9.17) is 5.41 Å². The Morgan fingerprint density at radius 3 is 2.38 bits per heavy atom. The highest BCUT2D eigenvalue weighted by Crippen LogP contribution is 2.55. The Kier molecular flexibility index (Phi) is 3.84. The zero-order chi connectivity index (χ0) is 17.3. The lowest BCUT2D eigenvalue weighted by Gasteiger charge is -2.45. The number of nitriles is 3. The van der Waals surface area contributed by atoms with E-state index >= 15 is 0 Å². The molecule has 3 rings (SSSR count). The van der Waals surface area contributed by atoms with Crippen LogP contribution in [0.2, 0.25) is 0 Å². The van der Waals surface area contributed by atoms with Gasteiger partial charge in [0.2, 0.25) is 0 Å². The molecule has 2 aliphatic carbocycles. The molecule has 0 radical (unpaired) electrons. The van der Waals surface area contributed by atoms with Gasteiger partial charge in [-0.05, 0) is 48.4 Å². The van der Waals surface area contributed by atoms with Crippen molar-refractivity contribution in [3.05, 3.63) is 41.5 Å². The number of hydrogen-bond acceptors (Lipinski definition) is 5. The van der Waals surface area contributed by atoms with E-state index in [1.54, 1.807) is 12.1 Å². The van der Waals surface area contributed by atoms with Crippen LogP contribution in [0.15, 0.2) is 35.9 Å². The van der Waals surface area contributed by atoms with Crippen LogP contribution < -0.4 is 0 Å². The number of aromatic hydroxyl groups is 1. The van der Waals surface area contributed by atoms with Crippen LogP contribution in [-0.2, 0) is 0 Å². The Morgan fingerprint density at radius 1 is 1.12 bits per heavy atom. The van der Waals surface area contributed by atoms with Gasteiger partial charge in [-0.1, -0.05) is 18.2 Å². The number of phenolic OH excluding ortho intramolecular Hbond substituents is 1. The van der Waals surface area contributed by atoms with Crippen LogP contribution in [0.25, 0.3) is 0 Å². The van der Waals surface area contributed by atoms with Gasteiger partial charge in [-0.3, -0.25) is 0 Å². The van der Waals surface area contributed by atoms with Crippen LogP contribution in [-0.4, -0.2) is 10.8 Å². The minimum absolute atomic E-state index is 0.110. The summed E-state index contributed by atoms with van der Waals surface area (Å²) in [5.41, 5.74) is -0.170. The first kappa shape index (κ1) is 15.8. The third-order valence-corrected chi connectivity index (χ3v) is 5.18. The van der Waals surface area contributed by atoms with Crippen molar-refractivity contribution in [2.75, 3.05) is 0 Å². The van der Waals surface area contributed by atoms with Crippen LogP contribution in [0.3, 0.4) is 0 Å². The van der Waals surface area contributed by atoms with Crippen LogP contribution >= 0.6 is 0 Å². The number of rotatable bonds is 1. The number of fused-ring (bicyclic) bond motifs is 1. The molecule has 118 valence electrons. The summed E-state index contributed by atoms with van der Waals surface area (Å²) >= 11 is 0. The normalized spacial score (nSPS) is 27.8. The molecule has 0 aliphatic heterocycles. The number of allylic oxidation sites excluding steroid dienone is 2. The number of nitrogens with one attached hydrogen (secondary N) is 1. The first-order valence-electron chi connectivity index (χ1n) is 7.89. The first-order chi connectivity index (χ1) is 11.6. The van der Waals surface area contributed by atoms with Gasteiger partial charge >= 0.3 is 0 Å². The molecular formula is C19H16N4O. The van der Waals surface area contributed by atoms with Crippen molar-refractivity contribution >= 4 is 5.71 Å². The lowest BCUT2D eigenvalue weighted by molar-refractivity contribution is 0.320. The van der Waals surface area contributed by atoms with Gasteiger partial charge < -0.3 is 10.5 Å². The largest absolute Gasteiger partial charge is 0.508 e. The van der Waals surface area contributed by atoms with Crippen molar-refractivity contribution in [1.82, 2.24) is 0 Å². The summed E-state index contributed by atoms with van der Waals surface area (Å²) < 4.78 is 0. The van der Waals surface area contributed by atoms with E-state index in [9.17, 15) is 20.9 Å². The molecule has 1 fully saturated rings. The van der Waals surface area contributed by atoms with Gasteiger partial charge in [0.15, 0.2) is 5.41 Å².